The molecule has 0 aliphatic carbocycles. The Hall–Kier alpha value is -2.54. The van der Waals surface area contributed by atoms with Crippen molar-refractivity contribution in [3.63, 3.8) is 0 Å². The van der Waals surface area contributed by atoms with Crippen LogP contribution < -0.4 is 10.2 Å². The highest BCUT2D eigenvalue weighted by molar-refractivity contribution is 5.92. The lowest BCUT2D eigenvalue weighted by atomic mass is 9.95. The Labute approximate surface area is 159 Å². The van der Waals surface area contributed by atoms with Gasteiger partial charge in [0, 0.05) is 37.9 Å². The van der Waals surface area contributed by atoms with Crippen LogP contribution >= 0.6 is 0 Å². The second-order valence-corrected chi connectivity index (χ2v) is 7.24. The summed E-state index contributed by atoms with van der Waals surface area (Å²) in [6.45, 7) is 4.43. The molecule has 3 rings (SSSR count). The van der Waals surface area contributed by atoms with E-state index in [4.69, 9.17) is 0 Å². The quantitative estimate of drug-likeness (QED) is 0.876. The minimum absolute atomic E-state index is 0.00836. The summed E-state index contributed by atoms with van der Waals surface area (Å²) in [6.07, 6.45) is 1.61. The molecule has 1 aromatic heterocycles. The van der Waals surface area contributed by atoms with Crippen LogP contribution in [0.4, 0.5) is 16.0 Å². The van der Waals surface area contributed by atoms with E-state index in [0.717, 1.165) is 49.8 Å². The number of rotatable bonds is 5. The molecule has 2 heterocycles. The van der Waals surface area contributed by atoms with E-state index >= 15 is 0 Å². The highest BCUT2D eigenvalue weighted by atomic mass is 19.1. The molecule has 0 bridgehead atoms. The maximum absolute atomic E-state index is 13.0. The average molecular weight is 371 g/mol. The lowest BCUT2D eigenvalue weighted by molar-refractivity contribution is -0.121. The summed E-state index contributed by atoms with van der Waals surface area (Å²) in [6, 6.07) is 7.89. The lowest BCUT2D eigenvalue weighted by Crippen LogP contribution is -2.38. The maximum Gasteiger partial charge on any atom is 0.227 e. The maximum atomic E-state index is 13.0. The van der Waals surface area contributed by atoms with E-state index in [9.17, 15) is 9.18 Å². The number of halogens is 1. The minimum Gasteiger partial charge on any atom is -0.347 e. The third-order valence-corrected chi connectivity index (χ3v) is 4.75. The molecule has 1 aliphatic rings. The second kappa shape index (κ2) is 8.43. The predicted molar refractivity (Wildman–Crippen MR) is 104 cm³/mol. The average Bonchev–Trinajstić information content (AvgIpc) is 2.63. The molecule has 6 nitrogen and oxygen atoms in total. The van der Waals surface area contributed by atoms with Crippen molar-refractivity contribution in [3.05, 3.63) is 47.5 Å². The number of piperidine rings is 1. The van der Waals surface area contributed by atoms with E-state index in [2.05, 4.69) is 20.2 Å². The molecular weight excluding hydrogens is 345 g/mol. The van der Waals surface area contributed by atoms with Crippen molar-refractivity contribution in [1.82, 2.24) is 14.9 Å². The number of hydrogen-bond acceptors (Lipinski definition) is 5. The molecule has 0 unspecified atom stereocenters. The molecule has 7 heteroatoms. The molecule has 1 aliphatic heterocycles. The molecule has 2 aromatic rings. The first-order valence-electron chi connectivity index (χ1n) is 9.21. The number of benzene rings is 1. The second-order valence-electron chi connectivity index (χ2n) is 7.24. The number of anilines is 2. The van der Waals surface area contributed by atoms with Crippen molar-refractivity contribution in [2.75, 3.05) is 37.4 Å². The first-order valence-corrected chi connectivity index (χ1v) is 9.21. The van der Waals surface area contributed by atoms with Gasteiger partial charge in [-0.3, -0.25) is 9.69 Å². The van der Waals surface area contributed by atoms with Gasteiger partial charge in [-0.1, -0.05) is 0 Å². The van der Waals surface area contributed by atoms with Gasteiger partial charge in [0.15, 0.2) is 0 Å². The zero-order valence-corrected chi connectivity index (χ0v) is 16.1. The highest BCUT2D eigenvalue weighted by Gasteiger charge is 2.25. The van der Waals surface area contributed by atoms with Gasteiger partial charge in [0.05, 0.1) is 5.69 Å². The molecule has 1 fully saturated rings. The monoisotopic (exact) mass is 371 g/mol. The third-order valence-electron chi connectivity index (χ3n) is 4.75. The first-order chi connectivity index (χ1) is 12.9. The van der Waals surface area contributed by atoms with E-state index in [0.29, 0.717) is 5.69 Å². The number of nitrogens with one attached hydrogen (secondary N) is 1. The SMILES string of the molecule is Cc1cc(CN2CCC(C(=O)Nc3ccc(F)cc3)CC2)nc(N(C)C)n1. The Balaban J connectivity index is 1.53. The van der Waals surface area contributed by atoms with Gasteiger partial charge in [-0.2, -0.15) is 0 Å². The predicted octanol–water partition coefficient (Wildman–Crippen LogP) is 2.84. The minimum atomic E-state index is -0.307. The fourth-order valence-corrected chi connectivity index (χ4v) is 3.26. The first kappa shape index (κ1) is 19.2. The zero-order valence-electron chi connectivity index (χ0n) is 16.1. The molecule has 0 atom stereocenters. The van der Waals surface area contributed by atoms with Crippen molar-refractivity contribution < 1.29 is 9.18 Å². The number of aryl methyl sites for hydroxylation is 1. The standard InChI is InChI=1S/C20H26FN5O/c1-14-12-18(24-20(22-14)25(2)3)13-26-10-8-15(9-11-26)19(27)23-17-6-4-16(21)5-7-17/h4-7,12,15H,8-11,13H2,1-3H3,(H,23,27). The summed E-state index contributed by atoms with van der Waals surface area (Å²) in [4.78, 5) is 25.7. The van der Waals surface area contributed by atoms with Crippen LogP contribution in [-0.2, 0) is 11.3 Å². The van der Waals surface area contributed by atoms with Crippen molar-refractivity contribution in [2.24, 2.45) is 5.92 Å². The highest BCUT2D eigenvalue weighted by Crippen LogP contribution is 2.21. The van der Waals surface area contributed by atoms with Crippen molar-refractivity contribution in [3.8, 4) is 0 Å². The zero-order chi connectivity index (χ0) is 19.4. The number of hydrogen-bond donors (Lipinski definition) is 1. The number of amides is 1. The number of carbonyl (C=O) groups is 1. The molecule has 1 saturated heterocycles. The Morgan fingerprint density at radius 3 is 2.52 bits per heavy atom. The summed E-state index contributed by atoms with van der Waals surface area (Å²) in [5, 5.41) is 2.88. The molecule has 1 aromatic carbocycles. The number of carbonyl (C=O) groups excluding carboxylic acids is 1. The summed E-state index contributed by atoms with van der Waals surface area (Å²) >= 11 is 0. The van der Waals surface area contributed by atoms with E-state index in [1.807, 2.05) is 32.0 Å². The van der Waals surface area contributed by atoms with E-state index in [1.165, 1.54) is 12.1 Å². The summed E-state index contributed by atoms with van der Waals surface area (Å²) in [7, 11) is 3.87. The van der Waals surface area contributed by atoms with Crippen LogP contribution in [0.25, 0.3) is 0 Å². The fourth-order valence-electron chi connectivity index (χ4n) is 3.26. The Morgan fingerprint density at radius 2 is 1.89 bits per heavy atom. The molecule has 27 heavy (non-hydrogen) atoms. The van der Waals surface area contributed by atoms with Crippen LogP contribution in [0.3, 0.4) is 0 Å². The molecule has 144 valence electrons. The largest absolute Gasteiger partial charge is 0.347 e. The van der Waals surface area contributed by atoms with Crippen molar-refractivity contribution >= 4 is 17.5 Å². The van der Waals surface area contributed by atoms with Crippen molar-refractivity contribution in [1.29, 1.82) is 0 Å². The Bertz CT molecular complexity index is 785. The summed E-state index contributed by atoms with van der Waals surface area (Å²) in [5.41, 5.74) is 2.59. The lowest BCUT2D eigenvalue weighted by Gasteiger charge is -2.31. The van der Waals surface area contributed by atoms with Gasteiger partial charge >= 0.3 is 0 Å². The van der Waals surface area contributed by atoms with E-state index in [-0.39, 0.29) is 17.6 Å². The summed E-state index contributed by atoms with van der Waals surface area (Å²) < 4.78 is 13.0. The molecule has 0 radical (unpaired) electrons. The van der Waals surface area contributed by atoms with Gasteiger partial charge < -0.3 is 10.2 Å². The van der Waals surface area contributed by atoms with Crippen LogP contribution in [0.5, 0.6) is 0 Å². The van der Waals surface area contributed by atoms with Crippen LogP contribution in [0, 0.1) is 18.7 Å². The Kier molecular flexibility index (Phi) is 6.01. The van der Waals surface area contributed by atoms with Crippen LogP contribution in [0.1, 0.15) is 24.2 Å². The third kappa shape index (κ3) is 5.23. The summed E-state index contributed by atoms with van der Waals surface area (Å²) in [5.74, 6) is 0.405. The smallest absolute Gasteiger partial charge is 0.227 e. The normalized spacial score (nSPS) is 15.6. The Morgan fingerprint density at radius 1 is 1.22 bits per heavy atom. The van der Waals surface area contributed by atoms with Gasteiger partial charge in [0.1, 0.15) is 5.82 Å². The number of aromatic nitrogens is 2. The molecule has 1 N–H and O–H groups in total. The molecule has 0 saturated carbocycles. The van der Waals surface area contributed by atoms with Gasteiger partial charge in [-0.05, 0) is 63.2 Å². The number of likely N-dealkylation sites (tertiary alicyclic amines) is 1. The van der Waals surface area contributed by atoms with Gasteiger partial charge in [-0.15, -0.1) is 0 Å². The van der Waals surface area contributed by atoms with Gasteiger partial charge in [-0.25, -0.2) is 14.4 Å². The van der Waals surface area contributed by atoms with Gasteiger partial charge in [0.25, 0.3) is 0 Å². The van der Waals surface area contributed by atoms with E-state index < -0.39 is 0 Å². The molecule has 0 spiro atoms. The van der Waals surface area contributed by atoms with Crippen LogP contribution in [-0.4, -0.2) is 48.0 Å². The molecular formula is C20H26FN5O. The number of nitrogens with zero attached hydrogens (tertiary/aromatic N) is 4. The van der Waals surface area contributed by atoms with Gasteiger partial charge in [0.2, 0.25) is 11.9 Å². The fraction of sp³-hybridized carbons (Fsp3) is 0.450. The van der Waals surface area contributed by atoms with Crippen LogP contribution in [0.15, 0.2) is 30.3 Å². The molecule has 1 amide bonds. The van der Waals surface area contributed by atoms with E-state index in [1.54, 1.807) is 12.1 Å². The van der Waals surface area contributed by atoms with Crippen LogP contribution in [0.2, 0.25) is 0 Å². The topological polar surface area (TPSA) is 61.4 Å². The van der Waals surface area contributed by atoms with Crippen molar-refractivity contribution in [2.45, 2.75) is 26.3 Å².